The van der Waals surface area contributed by atoms with Gasteiger partial charge in [0, 0.05) is 20.3 Å². The summed E-state index contributed by atoms with van der Waals surface area (Å²) in [7, 11) is 1.70. The Kier molecular flexibility index (Phi) is 6.78. The summed E-state index contributed by atoms with van der Waals surface area (Å²) in [6, 6.07) is 0. The minimum absolute atomic E-state index is 0.835. The van der Waals surface area contributed by atoms with Crippen molar-refractivity contribution in [1.82, 2.24) is 5.43 Å². The molecule has 0 radical (unpaired) electrons. The van der Waals surface area contributed by atoms with Crippen molar-refractivity contribution in [3.63, 3.8) is 0 Å². The minimum atomic E-state index is 0.835. The van der Waals surface area contributed by atoms with Crippen LogP contribution in [0.25, 0.3) is 0 Å². The van der Waals surface area contributed by atoms with E-state index in [9.17, 15) is 0 Å². The van der Waals surface area contributed by atoms with Crippen molar-refractivity contribution in [2.75, 3.05) is 20.3 Å². The van der Waals surface area contributed by atoms with Gasteiger partial charge in [-0.05, 0) is 12.8 Å². The number of unbranched alkanes of at least 4 members (excludes halogenated alkanes) is 1. The molecule has 0 aromatic rings. The Labute approximate surface area is 50.2 Å². The van der Waals surface area contributed by atoms with Gasteiger partial charge < -0.3 is 4.74 Å². The fourth-order valence-corrected chi connectivity index (χ4v) is 0.473. The van der Waals surface area contributed by atoms with E-state index in [1.807, 2.05) is 0 Å². The molecule has 0 aliphatic carbocycles. The van der Waals surface area contributed by atoms with Crippen LogP contribution in [0.15, 0.2) is 0 Å². The second kappa shape index (κ2) is 6.88. The molecule has 0 spiro atoms. The Morgan fingerprint density at radius 3 is 2.75 bits per heavy atom. The molecule has 3 heteroatoms. The topological polar surface area (TPSA) is 47.3 Å². The normalized spacial score (nSPS) is 9.75. The largest absolute Gasteiger partial charge is 0.385 e. The van der Waals surface area contributed by atoms with Crippen LogP contribution in [0.1, 0.15) is 12.8 Å². The average Bonchev–Trinajstić information content (AvgIpc) is 1.81. The zero-order valence-corrected chi connectivity index (χ0v) is 5.31. The summed E-state index contributed by atoms with van der Waals surface area (Å²) in [5.41, 5.74) is 2.57. The van der Waals surface area contributed by atoms with Crippen LogP contribution in [0.4, 0.5) is 0 Å². The van der Waals surface area contributed by atoms with Gasteiger partial charge in [-0.2, -0.15) is 0 Å². The number of nitrogens with one attached hydrogen (secondary N) is 1. The molecule has 0 aliphatic heterocycles. The zero-order chi connectivity index (χ0) is 6.24. The van der Waals surface area contributed by atoms with Crippen LogP contribution < -0.4 is 11.3 Å². The average molecular weight is 118 g/mol. The van der Waals surface area contributed by atoms with Gasteiger partial charge in [-0.1, -0.05) is 0 Å². The lowest BCUT2D eigenvalue weighted by Crippen LogP contribution is -2.22. The molecule has 0 heterocycles. The summed E-state index contributed by atoms with van der Waals surface area (Å²) in [4.78, 5) is 0. The first-order valence-electron chi connectivity index (χ1n) is 2.84. The number of hydrazine groups is 1. The van der Waals surface area contributed by atoms with E-state index in [1.54, 1.807) is 7.11 Å². The van der Waals surface area contributed by atoms with Gasteiger partial charge in [-0.15, -0.1) is 0 Å². The van der Waals surface area contributed by atoms with Crippen molar-refractivity contribution in [3.8, 4) is 0 Å². The first kappa shape index (κ1) is 7.88. The molecule has 8 heavy (non-hydrogen) atoms. The van der Waals surface area contributed by atoms with Crippen LogP contribution in [-0.4, -0.2) is 20.3 Å². The number of ether oxygens (including phenoxy) is 1. The van der Waals surface area contributed by atoms with Gasteiger partial charge in [0.05, 0.1) is 0 Å². The third-order valence-electron chi connectivity index (χ3n) is 0.920. The molecule has 0 saturated carbocycles. The molecule has 0 rings (SSSR count). The Morgan fingerprint density at radius 2 is 2.25 bits per heavy atom. The van der Waals surface area contributed by atoms with Crippen molar-refractivity contribution < 1.29 is 4.74 Å². The summed E-state index contributed by atoms with van der Waals surface area (Å²) in [5, 5.41) is 0. The van der Waals surface area contributed by atoms with E-state index in [4.69, 9.17) is 10.6 Å². The third-order valence-corrected chi connectivity index (χ3v) is 0.920. The monoisotopic (exact) mass is 118 g/mol. The summed E-state index contributed by atoms with van der Waals surface area (Å²) in [5.74, 6) is 5.02. The van der Waals surface area contributed by atoms with Gasteiger partial charge in [0.1, 0.15) is 0 Å². The lowest BCUT2D eigenvalue weighted by molar-refractivity contribution is 0.192. The molecule has 0 amide bonds. The lowest BCUT2D eigenvalue weighted by Gasteiger charge is -1.96. The van der Waals surface area contributed by atoms with Crippen LogP contribution in [0, 0.1) is 0 Å². The van der Waals surface area contributed by atoms with Crippen LogP contribution in [0.3, 0.4) is 0 Å². The highest BCUT2D eigenvalue weighted by Crippen LogP contribution is 1.84. The number of hydrogen-bond acceptors (Lipinski definition) is 3. The minimum Gasteiger partial charge on any atom is -0.385 e. The SMILES string of the molecule is COCCCCNN. The molecule has 0 aromatic heterocycles. The maximum Gasteiger partial charge on any atom is 0.0462 e. The number of methoxy groups -OCH3 is 1. The van der Waals surface area contributed by atoms with Crippen molar-refractivity contribution >= 4 is 0 Å². The van der Waals surface area contributed by atoms with Crippen molar-refractivity contribution in [1.29, 1.82) is 0 Å². The van der Waals surface area contributed by atoms with E-state index < -0.39 is 0 Å². The summed E-state index contributed by atoms with van der Waals surface area (Å²) in [6.45, 7) is 1.71. The smallest absolute Gasteiger partial charge is 0.0462 e. The van der Waals surface area contributed by atoms with E-state index in [1.165, 1.54) is 0 Å². The molecule has 0 bridgehead atoms. The van der Waals surface area contributed by atoms with E-state index in [0.717, 1.165) is 26.0 Å². The molecule has 0 fully saturated rings. The summed E-state index contributed by atoms with van der Waals surface area (Å²) >= 11 is 0. The van der Waals surface area contributed by atoms with E-state index >= 15 is 0 Å². The summed E-state index contributed by atoms with van der Waals surface area (Å²) < 4.78 is 4.82. The van der Waals surface area contributed by atoms with Crippen molar-refractivity contribution in [2.45, 2.75) is 12.8 Å². The molecule has 3 nitrogen and oxygen atoms in total. The van der Waals surface area contributed by atoms with Crippen LogP contribution in [0.5, 0.6) is 0 Å². The predicted octanol–water partition coefficient (Wildman–Crippen LogP) is -0.124. The Bertz CT molecular complexity index is 35.4. The molecule has 0 unspecified atom stereocenters. The zero-order valence-electron chi connectivity index (χ0n) is 5.31. The Balaban J connectivity index is 2.53. The molecule has 50 valence electrons. The van der Waals surface area contributed by atoms with E-state index in [-0.39, 0.29) is 0 Å². The van der Waals surface area contributed by atoms with Crippen molar-refractivity contribution in [3.05, 3.63) is 0 Å². The van der Waals surface area contributed by atoms with Crippen LogP contribution in [0.2, 0.25) is 0 Å². The molecule has 0 aliphatic rings. The fraction of sp³-hybridized carbons (Fsp3) is 1.00. The Hall–Kier alpha value is -0.120. The molecule has 3 N–H and O–H groups in total. The second-order valence-electron chi connectivity index (χ2n) is 1.65. The highest BCUT2D eigenvalue weighted by Gasteiger charge is 1.82. The maximum absolute atomic E-state index is 5.02. The first-order valence-corrected chi connectivity index (χ1v) is 2.84. The Morgan fingerprint density at radius 1 is 1.50 bits per heavy atom. The highest BCUT2D eigenvalue weighted by atomic mass is 16.5. The lowest BCUT2D eigenvalue weighted by atomic mass is 10.3. The first-order chi connectivity index (χ1) is 3.91. The standard InChI is InChI=1S/C5H14N2O/c1-8-5-3-2-4-7-6/h7H,2-6H2,1H3. The van der Waals surface area contributed by atoms with Gasteiger partial charge in [0.2, 0.25) is 0 Å². The molecule has 0 atom stereocenters. The van der Waals surface area contributed by atoms with Gasteiger partial charge >= 0.3 is 0 Å². The van der Waals surface area contributed by atoms with E-state index in [0.29, 0.717) is 0 Å². The van der Waals surface area contributed by atoms with Gasteiger partial charge in [-0.3, -0.25) is 11.3 Å². The molecule has 0 aromatic carbocycles. The highest BCUT2D eigenvalue weighted by molar-refractivity contribution is 4.38. The molecule has 0 saturated heterocycles. The van der Waals surface area contributed by atoms with Crippen LogP contribution in [-0.2, 0) is 4.74 Å². The number of hydrogen-bond donors (Lipinski definition) is 2. The van der Waals surface area contributed by atoms with Gasteiger partial charge in [-0.25, -0.2) is 0 Å². The third kappa shape index (κ3) is 5.88. The van der Waals surface area contributed by atoms with E-state index in [2.05, 4.69) is 5.43 Å². The van der Waals surface area contributed by atoms with Gasteiger partial charge in [0.15, 0.2) is 0 Å². The quantitative estimate of drug-likeness (QED) is 0.300. The maximum atomic E-state index is 5.02. The second-order valence-corrected chi connectivity index (χ2v) is 1.65. The van der Waals surface area contributed by atoms with Crippen LogP contribution >= 0.6 is 0 Å². The predicted molar refractivity (Wildman–Crippen MR) is 33.3 cm³/mol. The van der Waals surface area contributed by atoms with Crippen molar-refractivity contribution in [2.24, 2.45) is 5.84 Å². The number of nitrogens with two attached hydrogens (primary N) is 1. The number of rotatable bonds is 5. The molecular formula is C5H14N2O. The van der Waals surface area contributed by atoms with Gasteiger partial charge in [0.25, 0.3) is 0 Å². The molecular weight excluding hydrogens is 104 g/mol. The summed E-state index contributed by atoms with van der Waals surface area (Å²) in [6.07, 6.45) is 2.17. The fourth-order valence-electron chi connectivity index (χ4n) is 0.473.